The van der Waals surface area contributed by atoms with Crippen molar-refractivity contribution in [2.45, 2.75) is 11.8 Å². The molecule has 150 valence electrons. The number of ether oxygens (including phenoxy) is 1. The van der Waals surface area contributed by atoms with Gasteiger partial charge in [0, 0.05) is 15.7 Å². The van der Waals surface area contributed by atoms with Crippen molar-refractivity contribution >= 4 is 43.2 Å². The molecule has 0 aliphatic carbocycles. The normalized spacial score (nSPS) is 11.0. The zero-order valence-electron chi connectivity index (χ0n) is 15.8. The first-order valence-electron chi connectivity index (χ1n) is 8.63. The van der Waals surface area contributed by atoms with Gasteiger partial charge in [-0.2, -0.15) is 0 Å². The topological polar surface area (TPSA) is 84.5 Å². The van der Waals surface area contributed by atoms with Crippen LogP contribution in [0, 0.1) is 6.92 Å². The van der Waals surface area contributed by atoms with E-state index >= 15 is 0 Å². The van der Waals surface area contributed by atoms with E-state index in [0.29, 0.717) is 17.0 Å². The van der Waals surface area contributed by atoms with Gasteiger partial charge in [-0.3, -0.25) is 9.52 Å². The lowest BCUT2D eigenvalue weighted by Gasteiger charge is -2.13. The monoisotopic (exact) mass is 474 g/mol. The second-order valence-corrected chi connectivity index (χ2v) is 8.89. The number of hydrogen-bond donors (Lipinski definition) is 2. The summed E-state index contributed by atoms with van der Waals surface area (Å²) in [6, 6.07) is 18.1. The number of aryl methyl sites for hydroxylation is 1. The van der Waals surface area contributed by atoms with Crippen LogP contribution in [0.4, 0.5) is 11.4 Å². The molecule has 3 aromatic carbocycles. The number of methoxy groups -OCH3 is 1. The molecule has 0 fully saturated rings. The average molecular weight is 475 g/mol. The molecule has 0 unspecified atom stereocenters. The first kappa shape index (κ1) is 20.9. The van der Waals surface area contributed by atoms with E-state index in [0.717, 1.165) is 10.0 Å². The minimum absolute atomic E-state index is 0.000393. The van der Waals surface area contributed by atoms with Crippen molar-refractivity contribution in [2.24, 2.45) is 0 Å². The first-order valence-corrected chi connectivity index (χ1v) is 10.9. The third-order valence-corrected chi connectivity index (χ3v) is 6.05. The van der Waals surface area contributed by atoms with E-state index in [1.807, 2.05) is 19.1 Å². The third-order valence-electron chi connectivity index (χ3n) is 4.14. The summed E-state index contributed by atoms with van der Waals surface area (Å²) in [5, 5.41) is 2.72. The Balaban J connectivity index is 1.88. The van der Waals surface area contributed by atoms with E-state index in [1.54, 1.807) is 36.4 Å². The lowest BCUT2D eigenvalue weighted by atomic mass is 10.1. The van der Waals surface area contributed by atoms with Gasteiger partial charge in [0.25, 0.3) is 15.9 Å². The van der Waals surface area contributed by atoms with Crippen LogP contribution < -0.4 is 14.8 Å². The molecule has 1 amide bonds. The second-order valence-electron chi connectivity index (χ2n) is 6.29. The summed E-state index contributed by atoms with van der Waals surface area (Å²) in [6.45, 7) is 1.93. The maximum Gasteiger partial charge on any atom is 0.261 e. The van der Waals surface area contributed by atoms with Gasteiger partial charge < -0.3 is 10.1 Å². The van der Waals surface area contributed by atoms with Crippen molar-refractivity contribution in [2.75, 3.05) is 17.1 Å². The maximum atomic E-state index is 12.8. The minimum Gasteiger partial charge on any atom is -0.495 e. The molecule has 0 aromatic heterocycles. The van der Waals surface area contributed by atoms with E-state index in [2.05, 4.69) is 26.0 Å². The van der Waals surface area contributed by atoms with Crippen LogP contribution >= 0.6 is 15.9 Å². The lowest BCUT2D eigenvalue weighted by Crippen LogP contribution is -2.15. The number of rotatable bonds is 6. The average Bonchev–Trinajstić information content (AvgIpc) is 2.70. The highest BCUT2D eigenvalue weighted by Crippen LogP contribution is 2.29. The molecular weight excluding hydrogens is 456 g/mol. The van der Waals surface area contributed by atoms with Crippen molar-refractivity contribution in [3.63, 3.8) is 0 Å². The van der Waals surface area contributed by atoms with Gasteiger partial charge in [0.15, 0.2) is 0 Å². The van der Waals surface area contributed by atoms with Crippen molar-refractivity contribution < 1.29 is 17.9 Å². The molecule has 6 nitrogen and oxygen atoms in total. The molecule has 0 aliphatic rings. The number of nitrogens with one attached hydrogen (secondary N) is 2. The minimum atomic E-state index is -3.85. The highest BCUT2D eigenvalue weighted by molar-refractivity contribution is 9.10. The highest BCUT2D eigenvalue weighted by Gasteiger charge is 2.18. The quantitative estimate of drug-likeness (QED) is 0.536. The summed E-state index contributed by atoms with van der Waals surface area (Å²) in [5.74, 6) is -0.00762. The van der Waals surface area contributed by atoms with Crippen LogP contribution in [0.15, 0.2) is 76.1 Å². The molecule has 29 heavy (non-hydrogen) atoms. The number of benzene rings is 3. The lowest BCUT2D eigenvalue weighted by molar-refractivity contribution is 0.102. The Labute approximate surface area is 178 Å². The summed E-state index contributed by atoms with van der Waals surface area (Å²) in [6.07, 6.45) is 0. The van der Waals surface area contributed by atoms with Crippen LogP contribution in [0.25, 0.3) is 0 Å². The molecule has 0 bridgehead atoms. The Morgan fingerprint density at radius 2 is 1.62 bits per heavy atom. The zero-order valence-corrected chi connectivity index (χ0v) is 18.2. The van der Waals surface area contributed by atoms with Crippen LogP contribution in [-0.4, -0.2) is 21.4 Å². The fourth-order valence-electron chi connectivity index (χ4n) is 2.58. The Bertz CT molecular complexity index is 1130. The van der Waals surface area contributed by atoms with Gasteiger partial charge in [0.1, 0.15) is 5.75 Å². The van der Waals surface area contributed by atoms with Crippen molar-refractivity contribution in [1.82, 2.24) is 0 Å². The molecule has 8 heteroatoms. The third kappa shape index (κ3) is 5.16. The van der Waals surface area contributed by atoms with E-state index < -0.39 is 10.0 Å². The standard InChI is InChI=1S/C21H19BrN2O4S/c1-14-3-5-15(6-4-14)21(25)23-19-13-18(11-12-20(19)28-2)29(26,27)24-17-9-7-16(22)8-10-17/h3-13,24H,1-2H3,(H,23,25). The van der Waals surface area contributed by atoms with E-state index in [4.69, 9.17) is 4.74 Å². The molecule has 0 saturated carbocycles. The van der Waals surface area contributed by atoms with E-state index in [-0.39, 0.29) is 16.5 Å². The van der Waals surface area contributed by atoms with Gasteiger partial charge in [-0.05, 0) is 61.5 Å². The number of sulfonamides is 1. The van der Waals surface area contributed by atoms with Crippen LogP contribution in [0.1, 0.15) is 15.9 Å². The van der Waals surface area contributed by atoms with Crippen LogP contribution in [-0.2, 0) is 10.0 Å². The van der Waals surface area contributed by atoms with Crippen LogP contribution in [0.3, 0.4) is 0 Å². The molecule has 3 aromatic rings. The van der Waals surface area contributed by atoms with Gasteiger partial charge in [-0.15, -0.1) is 0 Å². The Morgan fingerprint density at radius 3 is 2.24 bits per heavy atom. The van der Waals surface area contributed by atoms with Crippen molar-refractivity contribution in [3.05, 3.63) is 82.3 Å². The number of carbonyl (C=O) groups excluding carboxylic acids is 1. The molecule has 0 saturated heterocycles. The summed E-state index contributed by atoms with van der Waals surface area (Å²) >= 11 is 3.31. The molecule has 0 atom stereocenters. The maximum absolute atomic E-state index is 12.8. The van der Waals surface area contributed by atoms with Crippen LogP contribution in [0.2, 0.25) is 0 Å². The van der Waals surface area contributed by atoms with E-state index in [9.17, 15) is 13.2 Å². The Hall–Kier alpha value is -2.84. The fraction of sp³-hybridized carbons (Fsp3) is 0.0952. The second kappa shape index (κ2) is 8.67. The SMILES string of the molecule is COc1ccc(S(=O)(=O)Nc2ccc(Br)cc2)cc1NC(=O)c1ccc(C)cc1. The predicted molar refractivity (Wildman–Crippen MR) is 117 cm³/mol. The fourth-order valence-corrected chi connectivity index (χ4v) is 3.93. The van der Waals surface area contributed by atoms with Gasteiger partial charge in [-0.1, -0.05) is 33.6 Å². The molecule has 0 spiro atoms. The van der Waals surface area contributed by atoms with Crippen molar-refractivity contribution in [3.8, 4) is 5.75 Å². The van der Waals surface area contributed by atoms with E-state index in [1.165, 1.54) is 25.3 Å². The molecule has 0 radical (unpaired) electrons. The molecule has 2 N–H and O–H groups in total. The molecule has 0 aliphatic heterocycles. The molecular formula is C21H19BrN2O4S. The number of carbonyl (C=O) groups is 1. The highest BCUT2D eigenvalue weighted by atomic mass is 79.9. The Kier molecular flexibility index (Phi) is 6.24. The largest absolute Gasteiger partial charge is 0.495 e. The first-order chi connectivity index (χ1) is 13.8. The Morgan fingerprint density at radius 1 is 0.966 bits per heavy atom. The molecule has 0 heterocycles. The zero-order chi connectivity index (χ0) is 21.0. The van der Waals surface area contributed by atoms with Crippen LogP contribution in [0.5, 0.6) is 5.75 Å². The number of amides is 1. The predicted octanol–water partition coefficient (Wildman–Crippen LogP) is 4.82. The summed E-state index contributed by atoms with van der Waals surface area (Å²) in [7, 11) is -2.40. The van der Waals surface area contributed by atoms with Gasteiger partial charge in [-0.25, -0.2) is 8.42 Å². The summed E-state index contributed by atoms with van der Waals surface area (Å²) in [5.41, 5.74) is 2.18. The number of anilines is 2. The molecule has 3 rings (SSSR count). The van der Waals surface area contributed by atoms with Gasteiger partial charge in [0.05, 0.1) is 17.7 Å². The number of halogens is 1. The smallest absolute Gasteiger partial charge is 0.261 e. The summed E-state index contributed by atoms with van der Waals surface area (Å²) in [4.78, 5) is 12.5. The van der Waals surface area contributed by atoms with Crippen molar-refractivity contribution in [1.29, 1.82) is 0 Å². The number of hydrogen-bond acceptors (Lipinski definition) is 4. The van der Waals surface area contributed by atoms with Gasteiger partial charge in [0.2, 0.25) is 0 Å². The summed E-state index contributed by atoms with van der Waals surface area (Å²) < 4.78 is 34.1. The van der Waals surface area contributed by atoms with Gasteiger partial charge >= 0.3 is 0 Å².